The minimum absolute atomic E-state index is 0.0975. The molecule has 2 rings (SSSR count). The molecule has 0 spiro atoms. The van der Waals surface area contributed by atoms with Crippen LogP contribution in [0.4, 0.5) is 4.79 Å². The van der Waals surface area contributed by atoms with E-state index in [0.29, 0.717) is 5.56 Å². The van der Waals surface area contributed by atoms with E-state index in [1.165, 1.54) is 19.1 Å². The van der Waals surface area contributed by atoms with Crippen LogP contribution in [0.3, 0.4) is 0 Å². The molecular weight excluding hydrogens is 308 g/mol. The number of thioether (sulfide) groups is 1. The van der Waals surface area contributed by atoms with Crippen LogP contribution in [-0.4, -0.2) is 44.8 Å². The summed E-state index contributed by atoms with van der Waals surface area (Å²) in [7, 11) is 0. The first-order valence-corrected chi connectivity index (χ1v) is 7.47. The number of nitrogens with zero attached hydrogens (tertiary/aromatic N) is 1. The fourth-order valence-corrected chi connectivity index (χ4v) is 2.59. The van der Waals surface area contributed by atoms with Crippen molar-refractivity contribution in [1.82, 2.24) is 10.2 Å². The first-order valence-electron chi connectivity index (χ1n) is 6.48. The fourth-order valence-electron chi connectivity index (χ4n) is 1.87. The molecule has 1 fully saturated rings. The molecule has 116 valence electrons. The zero-order chi connectivity index (χ0) is 16.3. The lowest BCUT2D eigenvalue weighted by atomic mass is 10.1. The van der Waals surface area contributed by atoms with Gasteiger partial charge in [-0.15, -0.1) is 0 Å². The maximum absolute atomic E-state index is 12.0. The van der Waals surface area contributed by atoms with Crippen LogP contribution in [0.25, 0.3) is 0 Å². The van der Waals surface area contributed by atoms with Crippen molar-refractivity contribution in [2.75, 3.05) is 5.75 Å². The van der Waals surface area contributed by atoms with Gasteiger partial charge in [0.2, 0.25) is 5.91 Å². The van der Waals surface area contributed by atoms with E-state index in [-0.39, 0.29) is 29.0 Å². The third-order valence-electron chi connectivity index (χ3n) is 3.09. The van der Waals surface area contributed by atoms with Gasteiger partial charge in [-0.3, -0.25) is 24.1 Å². The number of carboxylic acids is 1. The third-order valence-corrected chi connectivity index (χ3v) is 3.95. The quantitative estimate of drug-likeness (QED) is 0.841. The lowest BCUT2D eigenvalue weighted by molar-refractivity contribution is -0.138. The molecule has 1 aliphatic rings. The zero-order valence-corrected chi connectivity index (χ0v) is 12.6. The molecule has 1 atom stereocenters. The lowest BCUT2D eigenvalue weighted by Crippen LogP contribution is -2.38. The van der Waals surface area contributed by atoms with Gasteiger partial charge < -0.3 is 10.4 Å². The summed E-state index contributed by atoms with van der Waals surface area (Å²) in [6, 6.07) is 5.38. The van der Waals surface area contributed by atoms with Crippen LogP contribution >= 0.6 is 11.8 Å². The van der Waals surface area contributed by atoms with Crippen molar-refractivity contribution in [2.45, 2.75) is 19.5 Å². The van der Waals surface area contributed by atoms with Crippen LogP contribution in [0.2, 0.25) is 0 Å². The number of carbonyl (C=O) groups excluding carboxylic acids is 3. The second kappa shape index (κ2) is 6.61. The van der Waals surface area contributed by atoms with Gasteiger partial charge in [-0.2, -0.15) is 0 Å². The SMILES string of the molecule is C[C@@H](NC(=O)c1cccc(CN2C(=O)CSC2=O)c1)C(=O)O. The second-order valence-corrected chi connectivity index (χ2v) is 5.69. The predicted octanol–water partition coefficient (Wildman–Crippen LogP) is 1.08. The van der Waals surface area contributed by atoms with Gasteiger partial charge in [0.25, 0.3) is 11.1 Å². The van der Waals surface area contributed by atoms with Gasteiger partial charge in [0.1, 0.15) is 6.04 Å². The normalized spacial score (nSPS) is 15.8. The smallest absolute Gasteiger partial charge is 0.325 e. The van der Waals surface area contributed by atoms with Crippen LogP contribution in [0, 0.1) is 0 Å². The second-order valence-electron chi connectivity index (χ2n) is 4.77. The Morgan fingerprint density at radius 2 is 2.14 bits per heavy atom. The number of carbonyl (C=O) groups is 4. The Labute approximate surface area is 130 Å². The van der Waals surface area contributed by atoms with E-state index in [2.05, 4.69) is 5.32 Å². The first kappa shape index (κ1) is 16.0. The van der Waals surface area contributed by atoms with Crippen molar-refractivity contribution in [3.05, 3.63) is 35.4 Å². The van der Waals surface area contributed by atoms with Crippen LogP contribution in [0.5, 0.6) is 0 Å². The number of amides is 3. The molecule has 0 radical (unpaired) electrons. The molecule has 22 heavy (non-hydrogen) atoms. The number of carboxylic acid groups (broad SMARTS) is 1. The number of hydrogen-bond acceptors (Lipinski definition) is 5. The fraction of sp³-hybridized carbons (Fsp3) is 0.286. The Hall–Kier alpha value is -2.35. The molecule has 1 aliphatic heterocycles. The van der Waals surface area contributed by atoms with Crippen LogP contribution < -0.4 is 5.32 Å². The monoisotopic (exact) mass is 322 g/mol. The Kier molecular flexibility index (Phi) is 4.81. The van der Waals surface area contributed by atoms with E-state index >= 15 is 0 Å². The topological polar surface area (TPSA) is 104 Å². The highest BCUT2D eigenvalue weighted by molar-refractivity contribution is 8.14. The predicted molar refractivity (Wildman–Crippen MR) is 79.4 cm³/mol. The number of nitrogens with one attached hydrogen (secondary N) is 1. The van der Waals surface area contributed by atoms with E-state index in [0.717, 1.165) is 16.7 Å². The third kappa shape index (κ3) is 3.64. The van der Waals surface area contributed by atoms with Gasteiger partial charge in [-0.1, -0.05) is 23.9 Å². The van der Waals surface area contributed by atoms with Crippen LogP contribution in [-0.2, 0) is 16.1 Å². The van der Waals surface area contributed by atoms with Gasteiger partial charge in [0.15, 0.2) is 0 Å². The van der Waals surface area contributed by atoms with Gasteiger partial charge in [-0.05, 0) is 24.6 Å². The maximum atomic E-state index is 12.0. The summed E-state index contributed by atoms with van der Waals surface area (Å²) in [5.41, 5.74) is 0.900. The summed E-state index contributed by atoms with van der Waals surface area (Å²) in [5, 5.41) is 10.8. The average Bonchev–Trinajstić information content (AvgIpc) is 2.79. The Bertz CT molecular complexity index is 630. The van der Waals surface area contributed by atoms with Crippen molar-refractivity contribution in [2.24, 2.45) is 0 Å². The van der Waals surface area contributed by atoms with E-state index < -0.39 is 17.9 Å². The largest absolute Gasteiger partial charge is 0.480 e. The number of aliphatic carboxylic acids is 1. The van der Waals surface area contributed by atoms with E-state index in [1.807, 2.05) is 0 Å². The summed E-state index contributed by atoms with van der Waals surface area (Å²) in [5.74, 6) is -1.78. The van der Waals surface area contributed by atoms with Crippen molar-refractivity contribution < 1.29 is 24.3 Å². The van der Waals surface area contributed by atoms with E-state index in [4.69, 9.17) is 5.11 Å². The van der Waals surface area contributed by atoms with Gasteiger partial charge in [0, 0.05) is 5.56 Å². The summed E-state index contributed by atoms with van der Waals surface area (Å²) >= 11 is 0.948. The molecule has 2 N–H and O–H groups in total. The van der Waals surface area contributed by atoms with Crippen molar-refractivity contribution in [1.29, 1.82) is 0 Å². The molecule has 7 nitrogen and oxygen atoms in total. The zero-order valence-electron chi connectivity index (χ0n) is 11.7. The highest BCUT2D eigenvalue weighted by Gasteiger charge is 2.29. The summed E-state index contributed by atoms with van der Waals surface area (Å²) < 4.78 is 0. The summed E-state index contributed by atoms with van der Waals surface area (Å²) in [4.78, 5) is 46.9. The lowest BCUT2D eigenvalue weighted by Gasteiger charge is -2.14. The van der Waals surface area contributed by atoms with Gasteiger partial charge >= 0.3 is 5.97 Å². The van der Waals surface area contributed by atoms with Gasteiger partial charge in [-0.25, -0.2) is 0 Å². The number of hydrogen-bond donors (Lipinski definition) is 2. The van der Waals surface area contributed by atoms with Gasteiger partial charge in [0.05, 0.1) is 12.3 Å². The summed E-state index contributed by atoms with van der Waals surface area (Å²) in [6.45, 7) is 1.46. The molecule has 1 aromatic rings. The highest BCUT2D eigenvalue weighted by atomic mass is 32.2. The first-order chi connectivity index (χ1) is 10.4. The van der Waals surface area contributed by atoms with E-state index in [9.17, 15) is 19.2 Å². The number of rotatable bonds is 5. The molecule has 0 unspecified atom stereocenters. The molecule has 1 heterocycles. The molecule has 1 aromatic carbocycles. The number of benzene rings is 1. The molecule has 0 saturated carbocycles. The van der Waals surface area contributed by atoms with E-state index in [1.54, 1.807) is 12.1 Å². The van der Waals surface area contributed by atoms with Crippen molar-refractivity contribution in [3.8, 4) is 0 Å². The molecule has 0 aliphatic carbocycles. The van der Waals surface area contributed by atoms with Crippen molar-refractivity contribution in [3.63, 3.8) is 0 Å². The molecule has 3 amide bonds. The molecule has 1 saturated heterocycles. The number of imide groups is 1. The molecule has 0 bridgehead atoms. The molecule has 0 aromatic heterocycles. The minimum Gasteiger partial charge on any atom is -0.480 e. The maximum Gasteiger partial charge on any atom is 0.325 e. The van der Waals surface area contributed by atoms with Crippen molar-refractivity contribution >= 4 is 34.8 Å². The average molecular weight is 322 g/mol. The Balaban J connectivity index is 2.09. The Morgan fingerprint density at radius 1 is 1.41 bits per heavy atom. The van der Waals surface area contributed by atoms with Crippen LogP contribution in [0.1, 0.15) is 22.8 Å². The van der Waals surface area contributed by atoms with Crippen LogP contribution in [0.15, 0.2) is 24.3 Å². The standard InChI is InChI=1S/C14H14N2O5S/c1-8(13(19)20)15-12(18)10-4-2-3-9(5-10)6-16-11(17)7-22-14(16)21/h2-5,8H,6-7H2,1H3,(H,15,18)(H,19,20)/t8-/m1/s1. The summed E-state index contributed by atoms with van der Waals surface area (Å²) in [6.07, 6.45) is 0. The Morgan fingerprint density at radius 3 is 2.73 bits per heavy atom. The molecular formula is C14H14N2O5S. The molecule has 8 heteroatoms. The highest BCUT2D eigenvalue weighted by Crippen LogP contribution is 2.21. The minimum atomic E-state index is -1.13.